The molecular formula is C25H29N3O2. The summed E-state index contributed by atoms with van der Waals surface area (Å²) in [6, 6.07) is 25.0. The van der Waals surface area contributed by atoms with Crippen LogP contribution in [-0.2, 0) is 13.1 Å². The second-order valence-corrected chi connectivity index (χ2v) is 7.34. The number of phenols is 1. The lowest BCUT2D eigenvalue weighted by atomic mass is 10.2. The van der Waals surface area contributed by atoms with Crippen molar-refractivity contribution in [2.45, 2.75) is 26.4 Å². The number of urea groups is 1. The van der Waals surface area contributed by atoms with E-state index in [1.807, 2.05) is 68.6 Å². The van der Waals surface area contributed by atoms with Gasteiger partial charge in [-0.05, 0) is 30.2 Å². The third-order valence-corrected chi connectivity index (χ3v) is 4.95. The van der Waals surface area contributed by atoms with E-state index in [1.165, 1.54) is 5.56 Å². The molecular weight excluding hydrogens is 374 g/mol. The largest absolute Gasteiger partial charge is 0.508 e. The number of phenolic OH excluding ortho intramolecular Hbond substituents is 1. The van der Waals surface area contributed by atoms with Crippen LogP contribution in [0.25, 0.3) is 0 Å². The number of carbonyl (C=O) groups is 1. The fourth-order valence-corrected chi connectivity index (χ4v) is 3.42. The van der Waals surface area contributed by atoms with Gasteiger partial charge in [0.15, 0.2) is 0 Å². The van der Waals surface area contributed by atoms with Crippen LogP contribution in [0.1, 0.15) is 24.5 Å². The Morgan fingerprint density at radius 1 is 0.900 bits per heavy atom. The van der Waals surface area contributed by atoms with E-state index in [-0.39, 0.29) is 11.8 Å². The number of aromatic hydroxyl groups is 1. The number of para-hydroxylation sites is 3. The molecule has 0 spiro atoms. The molecule has 0 radical (unpaired) electrons. The maximum absolute atomic E-state index is 13.1. The van der Waals surface area contributed by atoms with E-state index in [4.69, 9.17) is 0 Å². The van der Waals surface area contributed by atoms with E-state index in [0.717, 1.165) is 29.9 Å². The Morgan fingerprint density at radius 3 is 2.30 bits per heavy atom. The molecule has 3 aromatic rings. The molecule has 0 saturated carbocycles. The highest BCUT2D eigenvalue weighted by molar-refractivity contribution is 5.93. The summed E-state index contributed by atoms with van der Waals surface area (Å²) in [5.41, 5.74) is 3.65. The van der Waals surface area contributed by atoms with E-state index in [9.17, 15) is 9.90 Å². The summed E-state index contributed by atoms with van der Waals surface area (Å²) in [5.74, 6) is 0.203. The van der Waals surface area contributed by atoms with Crippen molar-refractivity contribution in [2.75, 3.05) is 23.8 Å². The van der Waals surface area contributed by atoms with Crippen LogP contribution in [0.4, 0.5) is 16.2 Å². The molecule has 0 bridgehead atoms. The van der Waals surface area contributed by atoms with E-state index in [1.54, 1.807) is 17.0 Å². The minimum atomic E-state index is -0.180. The lowest BCUT2D eigenvalue weighted by Gasteiger charge is -2.26. The van der Waals surface area contributed by atoms with Gasteiger partial charge in [0.1, 0.15) is 5.75 Å². The average Bonchev–Trinajstić information content (AvgIpc) is 2.76. The van der Waals surface area contributed by atoms with Crippen LogP contribution >= 0.6 is 0 Å². The van der Waals surface area contributed by atoms with E-state index >= 15 is 0 Å². The normalized spacial score (nSPS) is 10.5. The summed E-state index contributed by atoms with van der Waals surface area (Å²) >= 11 is 0. The highest BCUT2D eigenvalue weighted by Crippen LogP contribution is 2.27. The zero-order valence-corrected chi connectivity index (χ0v) is 17.6. The third-order valence-electron chi connectivity index (χ3n) is 4.95. The Hall–Kier alpha value is -3.47. The van der Waals surface area contributed by atoms with Crippen LogP contribution in [0.5, 0.6) is 5.75 Å². The predicted molar refractivity (Wildman–Crippen MR) is 123 cm³/mol. The van der Waals surface area contributed by atoms with Gasteiger partial charge in [0, 0.05) is 25.7 Å². The Labute approximate surface area is 178 Å². The van der Waals surface area contributed by atoms with Gasteiger partial charge in [0.05, 0.1) is 17.9 Å². The molecule has 2 amide bonds. The first-order chi connectivity index (χ1) is 14.6. The van der Waals surface area contributed by atoms with Crippen molar-refractivity contribution in [3.05, 3.63) is 90.0 Å². The molecule has 0 aliphatic heterocycles. The van der Waals surface area contributed by atoms with E-state index in [2.05, 4.69) is 22.3 Å². The molecule has 3 rings (SSSR count). The van der Waals surface area contributed by atoms with Gasteiger partial charge >= 0.3 is 6.03 Å². The summed E-state index contributed by atoms with van der Waals surface area (Å²) < 4.78 is 0. The van der Waals surface area contributed by atoms with Gasteiger partial charge in [-0.3, -0.25) is 0 Å². The number of hydrogen-bond acceptors (Lipinski definition) is 3. The first-order valence-corrected chi connectivity index (χ1v) is 10.3. The van der Waals surface area contributed by atoms with Crippen molar-refractivity contribution in [3.8, 4) is 5.75 Å². The maximum atomic E-state index is 13.1. The minimum absolute atomic E-state index is 0.180. The SMILES string of the molecule is CCCN(Cc1ccccc1O)C(=O)Nc1ccccc1N(C)Cc1ccccc1. The number of rotatable bonds is 8. The van der Waals surface area contributed by atoms with Gasteiger partial charge in [-0.1, -0.05) is 67.6 Å². The van der Waals surface area contributed by atoms with Crippen LogP contribution in [0.15, 0.2) is 78.9 Å². The van der Waals surface area contributed by atoms with Gasteiger partial charge < -0.3 is 20.2 Å². The van der Waals surface area contributed by atoms with Gasteiger partial charge in [-0.15, -0.1) is 0 Å². The quantitative estimate of drug-likeness (QED) is 0.524. The molecule has 0 aromatic heterocycles. The molecule has 0 atom stereocenters. The van der Waals surface area contributed by atoms with Crippen LogP contribution < -0.4 is 10.2 Å². The molecule has 0 fully saturated rings. The maximum Gasteiger partial charge on any atom is 0.322 e. The van der Waals surface area contributed by atoms with Crippen molar-refractivity contribution in [1.82, 2.24) is 4.90 Å². The highest BCUT2D eigenvalue weighted by Gasteiger charge is 2.17. The number of hydrogen-bond donors (Lipinski definition) is 2. The van der Waals surface area contributed by atoms with Crippen LogP contribution in [0.2, 0.25) is 0 Å². The summed E-state index contributed by atoms with van der Waals surface area (Å²) in [4.78, 5) is 16.9. The third kappa shape index (κ3) is 5.54. The second kappa shape index (κ2) is 10.3. The molecule has 0 heterocycles. The van der Waals surface area contributed by atoms with Gasteiger partial charge in [-0.25, -0.2) is 4.79 Å². The Balaban J connectivity index is 1.75. The Morgan fingerprint density at radius 2 is 1.57 bits per heavy atom. The smallest absolute Gasteiger partial charge is 0.322 e. The number of amides is 2. The lowest BCUT2D eigenvalue weighted by Crippen LogP contribution is -2.35. The van der Waals surface area contributed by atoms with Crippen LogP contribution in [-0.4, -0.2) is 29.6 Å². The fraction of sp³-hybridized carbons (Fsp3) is 0.240. The monoisotopic (exact) mass is 403 g/mol. The Kier molecular flexibility index (Phi) is 7.33. The summed E-state index contributed by atoms with van der Waals surface area (Å²) in [7, 11) is 2.02. The van der Waals surface area contributed by atoms with Crippen LogP contribution in [0, 0.1) is 0 Å². The number of benzene rings is 3. The van der Waals surface area contributed by atoms with Crippen LogP contribution in [0.3, 0.4) is 0 Å². The van der Waals surface area contributed by atoms with Crippen molar-refractivity contribution < 1.29 is 9.90 Å². The molecule has 0 aliphatic carbocycles. The number of nitrogens with one attached hydrogen (secondary N) is 1. The predicted octanol–water partition coefficient (Wildman–Crippen LogP) is 5.47. The first-order valence-electron chi connectivity index (χ1n) is 10.3. The fourth-order valence-electron chi connectivity index (χ4n) is 3.42. The van der Waals surface area contributed by atoms with Gasteiger partial charge in [0.25, 0.3) is 0 Å². The number of carbonyl (C=O) groups excluding carboxylic acids is 1. The first kappa shape index (κ1) is 21.2. The summed E-state index contributed by atoms with van der Waals surface area (Å²) in [5, 5.41) is 13.2. The summed E-state index contributed by atoms with van der Waals surface area (Å²) in [6.07, 6.45) is 0.830. The number of nitrogens with zero attached hydrogens (tertiary/aromatic N) is 2. The highest BCUT2D eigenvalue weighted by atomic mass is 16.3. The van der Waals surface area contributed by atoms with Gasteiger partial charge in [-0.2, -0.15) is 0 Å². The number of anilines is 2. The molecule has 5 heteroatoms. The topological polar surface area (TPSA) is 55.8 Å². The second-order valence-electron chi connectivity index (χ2n) is 7.34. The molecule has 0 aliphatic rings. The standard InChI is InChI=1S/C25H29N3O2/c1-3-17-28(19-21-13-7-10-16-24(21)29)25(30)26-22-14-8-9-15-23(22)27(2)18-20-11-5-4-6-12-20/h4-16,29H,3,17-19H2,1-2H3,(H,26,30). The molecule has 3 aromatic carbocycles. The van der Waals surface area contributed by atoms with E-state index < -0.39 is 0 Å². The minimum Gasteiger partial charge on any atom is -0.508 e. The molecule has 0 saturated heterocycles. The average molecular weight is 404 g/mol. The van der Waals surface area contributed by atoms with Crippen molar-refractivity contribution in [2.24, 2.45) is 0 Å². The van der Waals surface area contributed by atoms with Crippen molar-refractivity contribution in [1.29, 1.82) is 0 Å². The molecule has 2 N–H and O–H groups in total. The summed E-state index contributed by atoms with van der Waals surface area (Å²) in [6.45, 7) is 3.73. The zero-order chi connectivity index (χ0) is 21.3. The van der Waals surface area contributed by atoms with Crippen molar-refractivity contribution >= 4 is 17.4 Å². The molecule has 5 nitrogen and oxygen atoms in total. The lowest BCUT2D eigenvalue weighted by molar-refractivity contribution is 0.208. The van der Waals surface area contributed by atoms with Gasteiger partial charge in [0.2, 0.25) is 0 Å². The molecule has 156 valence electrons. The molecule has 0 unspecified atom stereocenters. The Bertz CT molecular complexity index is 959. The van der Waals surface area contributed by atoms with E-state index in [0.29, 0.717) is 13.1 Å². The molecule has 30 heavy (non-hydrogen) atoms. The zero-order valence-electron chi connectivity index (χ0n) is 17.6. The van der Waals surface area contributed by atoms with Crippen molar-refractivity contribution in [3.63, 3.8) is 0 Å².